The number of esters is 1. The predicted octanol–water partition coefficient (Wildman–Crippen LogP) is 6.49. The van der Waals surface area contributed by atoms with Crippen LogP contribution >= 0.6 is 0 Å². The summed E-state index contributed by atoms with van der Waals surface area (Å²) in [6.45, 7) is 16.6. The molecule has 0 bridgehead atoms. The summed E-state index contributed by atoms with van der Waals surface area (Å²) in [5, 5.41) is 0. The summed E-state index contributed by atoms with van der Waals surface area (Å²) in [6, 6.07) is 9.64. The molecule has 0 spiro atoms. The summed E-state index contributed by atoms with van der Waals surface area (Å²) in [5.41, 5.74) is 1.34. The lowest BCUT2D eigenvalue weighted by Gasteiger charge is -2.41. The van der Waals surface area contributed by atoms with Crippen molar-refractivity contribution in [3.63, 3.8) is 0 Å². The number of hydrogen-bond donors (Lipinski definition) is 0. The van der Waals surface area contributed by atoms with Gasteiger partial charge >= 0.3 is 14.5 Å². The summed E-state index contributed by atoms with van der Waals surface area (Å²) >= 11 is 0. The third kappa shape index (κ3) is 8.05. The molecule has 0 saturated carbocycles. The molecule has 1 rings (SSSR count). The summed E-state index contributed by atoms with van der Waals surface area (Å²) in [7, 11) is -2.71. The molecule has 0 N–H and O–H groups in total. The molecule has 0 aliphatic carbocycles. The van der Waals surface area contributed by atoms with E-state index in [0.717, 1.165) is 5.56 Å². The monoisotopic (exact) mass is 430 g/mol. The number of carbonyl (C=O) groups is 1. The Kier molecular flexibility index (Phi) is 11.6. The average molecular weight is 431 g/mol. The van der Waals surface area contributed by atoms with Gasteiger partial charge in [0.15, 0.2) is 0 Å². The Morgan fingerprint density at radius 3 is 2.03 bits per heavy atom. The van der Waals surface area contributed by atoms with Gasteiger partial charge in [0.2, 0.25) is 0 Å². The van der Waals surface area contributed by atoms with Crippen LogP contribution in [0, 0.1) is 0 Å². The van der Waals surface area contributed by atoms with Gasteiger partial charge in [0, 0.05) is 0 Å². The van der Waals surface area contributed by atoms with Gasteiger partial charge in [-0.25, -0.2) is 0 Å². The van der Waals surface area contributed by atoms with E-state index in [1.165, 1.54) is 0 Å². The molecule has 1 aromatic rings. The van der Waals surface area contributed by atoms with E-state index in [1.54, 1.807) is 6.08 Å². The zero-order valence-electron chi connectivity index (χ0n) is 19.3. The van der Waals surface area contributed by atoms with E-state index in [1.807, 2.05) is 68.5 Å². The first kappa shape index (κ1) is 26.1. The molecule has 5 heteroatoms. The van der Waals surface area contributed by atoms with Crippen molar-refractivity contribution in [1.82, 2.24) is 0 Å². The molecule has 1 atom stereocenters. The van der Waals surface area contributed by atoms with Crippen molar-refractivity contribution >= 4 is 14.5 Å². The van der Waals surface area contributed by atoms with Crippen LogP contribution in [0.25, 0.3) is 0 Å². The molecular weight excluding hydrogens is 392 g/mol. The number of ether oxygens (including phenoxy) is 1. The number of hydrogen-bond acceptors (Lipinski definition) is 4. The lowest BCUT2D eigenvalue weighted by molar-refractivity contribution is -0.146. The Morgan fingerprint density at radius 2 is 1.57 bits per heavy atom. The van der Waals surface area contributed by atoms with Crippen molar-refractivity contribution in [3.05, 3.63) is 72.9 Å². The van der Waals surface area contributed by atoms with E-state index in [9.17, 15) is 4.79 Å². The number of benzene rings is 1. The van der Waals surface area contributed by atoms with E-state index < -0.39 is 14.7 Å². The van der Waals surface area contributed by atoms with Crippen molar-refractivity contribution in [2.45, 2.75) is 77.9 Å². The zero-order valence-corrected chi connectivity index (χ0v) is 20.3. The second kappa shape index (κ2) is 13.4. The van der Waals surface area contributed by atoms with Crippen LogP contribution in [-0.2, 0) is 25.0 Å². The highest BCUT2D eigenvalue weighted by Gasteiger charge is 2.47. The van der Waals surface area contributed by atoms with Crippen LogP contribution in [0.5, 0.6) is 0 Å². The van der Waals surface area contributed by atoms with Crippen molar-refractivity contribution in [3.8, 4) is 0 Å². The largest absolute Gasteiger partial charge is 0.461 e. The van der Waals surface area contributed by atoms with Crippen LogP contribution in [0.2, 0.25) is 11.1 Å². The molecule has 0 radical (unpaired) electrons. The van der Waals surface area contributed by atoms with E-state index in [2.05, 4.69) is 34.3 Å². The lowest BCUT2D eigenvalue weighted by Crippen LogP contribution is -2.52. The molecule has 0 aliphatic rings. The van der Waals surface area contributed by atoms with Crippen molar-refractivity contribution < 1.29 is 18.4 Å². The highest BCUT2D eigenvalue weighted by atomic mass is 28.4. The van der Waals surface area contributed by atoms with Crippen LogP contribution in [0.1, 0.15) is 53.5 Å². The predicted molar refractivity (Wildman–Crippen MR) is 126 cm³/mol. The molecule has 1 unspecified atom stereocenters. The quantitative estimate of drug-likeness (QED) is 0.204. The molecule has 0 aliphatic heterocycles. The van der Waals surface area contributed by atoms with Gasteiger partial charge in [0.05, 0.1) is 18.6 Å². The Labute approximate surface area is 183 Å². The van der Waals surface area contributed by atoms with Gasteiger partial charge in [-0.15, -0.1) is 6.58 Å². The molecule has 0 fully saturated rings. The van der Waals surface area contributed by atoms with Gasteiger partial charge in [-0.05, 0) is 30.5 Å². The Bertz CT molecular complexity index is 674. The van der Waals surface area contributed by atoms with Gasteiger partial charge in [-0.1, -0.05) is 88.4 Å². The second-order valence-electron chi connectivity index (χ2n) is 7.91. The summed E-state index contributed by atoms with van der Waals surface area (Å²) in [6.07, 6.45) is 9.19. The van der Waals surface area contributed by atoms with E-state index in [4.69, 9.17) is 13.6 Å². The number of rotatable bonds is 13. The Balaban J connectivity index is 2.93. The standard InChI is InChI=1S/C25H38O4Si/c1-8-14-24(15-9-2)29-30(20(4)5,21(6)7)28-23(10-3)18-25(26)27-19-22-16-12-11-13-17-22/h8-17,20-21,23-24H,3,18-19H2,1-2,4-7H3/b14-8+,15-9+. The van der Waals surface area contributed by atoms with Crippen molar-refractivity contribution in [2.75, 3.05) is 0 Å². The fraction of sp³-hybridized carbons (Fsp3) is 0.480. The van der Waals surface area contributed by atoms with Crippen LogP contribution in [0.15, 0.2) is 67.3 Å². The SMILES string of the molecule is C=CC(CC(=O)OCc1ccccc1)O[Si](OC(/C=C/C)/C=C/C)(C(C)C)C(C)C. The van der Waals surface area contributed by atoms with Gasteiger partial charge in [0.1, 0.15) is 6.61 Å². The van der Waals surface area contributed by atoms with Crippen LogP contribution in [0.4, 0.5) is 0 Å². The third-order valence-electron chi connectivity index (χ3n) is 4.90. The van der Waals surface area contributed by atoms with E-state index in [-0.39, 0.29) is 36.2 Å². The molecule has 0 saturated heterocycles. The molecule has 1 aromatic carbocycles. The van der Waals surface area contributed by atoms with Crippen molar-refractivity contribution in [2.24, 2.45) is 0 Å². The summed E-state index contributed by atoms with van der Waals surface area (Å²) in [5.74, 6) is -0.308. The molecule has 30 heavy (non-hydrogen) atoms. The van der Waals surface area contributed by atoms with Crippen LogP contribution < -0.4 is 0 Å². The topological polar surface area (TPSA) is 44.8 Å². The maximum atomic E-state index is 12.4. The minimum Gasteiger partial charge on any atom is -0.461 e. The Hall–Kier alpha value is -1.95. The zero-order chi connectivity index (χ0) is 22.6. The maximum Gasteiger partial charge on any atom is 0.344 e. The first-order chi connectivity index (χ1) is 14.3. The van der Waals surface area contributed by atoms with Crippen LogP contribution in [0.3, 0.4) is 0 Å². The fourth-order valence-corrected chi connectivity index (χ4v) is 7.06. The second-order valence-corrected chi connectivity index (χ2v) is 12.1. The normalized spacial score (nSPS) is 13.6. The molecular formula is C25H38O4Si. The van der Waals surface area contributed by atoms with Gasteiger partial charge in [-0.3, -0.25) is 4.79 Å². The summed E-state index contributed by atoms with van der Waals surface area (Å²) < 4.78 is 18.7. The highest BCUT2D eigenvalue weighted by Crippen LogP contribution is 2.37. The fourth-order valence-electron chi connectivity index (χ4n) is 3.34. The molecule has 0 heterocycles. The Morgan fingerprint density at radius 1 is 1.00 bits per heavy atom. The van der Waals surface area contributed by atoms with E-state index >= 15 is 0 Å². The molecule has 4 nitrogen and oxygen atoms in total. The molecule has 0 amide bonds. The smallest absolute Gasteiger partial charge is 0.344 e. The third-order valence-corrected chi connectivity index (χ3v) is 9.43. The minimum absolute atomic E-state index is 0.117. The van der Waals surface area contributed by atoms with Gasteiger partial charge in [0.25, 0.3) is 0 Å². The molecule has 0 aromatic heterocycles. The maximum absolute atomic E-state index is 12.4. The lowest BCUT2D eigenvalue weighted by atomic mass is 10.2. The highest BCUT2D eigenvalue weighted by molar-refractivity contribution is 6.70. The van der Waals surface area contributed by atoms with Crippen LogP contribution in [-0.4, -0.2) is 26.7 Å². The first-order valence-corrected chi connectivity index (χ1v) is 12.7. The van der Waals surface area contributed by atoms with Crippen molar-refractivity contribution in [1.29, 1.82) is 0 Å². The van der Waals surface area contributed by atoms with Gasteiger partial charge < -0.3 is 13.6 Å². The first-order valence-electron chi connectivity index (χ1n) is 10.7. The minimum atomic E-state index is -2.71. The number of allylic oxidation sites excluding steroid dienone is 2. The summed E-state index contributed by atoms with van der Waals surface area (Å²) in [4.78, 5) is 12.4. The van der Waals surface area contributed by atoms with E-state index in [0.29, 0.717) is 0 Å². The number of carbonyl (C=O) groups excluding carboxylic acids is 1. The molecule has 166 valence electrons. The van der Waals surface area contributed by atoms with Gasteiger partial charge in [-0.2, -0.15) is 0 Å². The average Bonchev–Trinajstić information content (AvgIpc) is 2.71.